The first-order valence-corrected chi connectivity index (χ1v) is 8.84. The van der Waals surface area contributed by atoms with Crippen molar-refractivity contribution in [1.29, 1.82) is 0 Å². The fraction of sp³-hybridized carbons (Fsp3) is 0.0556. The van der Waals surface area contributed by atoms with E-state index in [1.807, 2.05) is 49.4 Å². The Morgan fingerprint density at radius 2 is 1.92 bits per heavy atom. The topological polar surface area (TPSA) is 62.6 Å². The summed E-state index contributed by atoms with van der Waals surface area (Å²) in [5, 5.41) is 12.3. The Morgan fingerprint density at radius 1 is 1.17 bits per heavy atom. The summed E-state index contributed by atoms with van der Waals surface area (Å²) < 4.78 is 0.771. The number of aromatic nitrogens is 1. The highest BCUT2D eigenvalue weighted by Gasteiger charge is 2.25. The van der Waals surface area contributed by atoms with Crippen molar-refractivity contribution < 1.29 is 9.90 Å². The van der Waals surface area contributed by atoms with Crippen LogP contribution in [-0.4, -0.2) is 16.0 Å². The Kier molecular flexibility index (Phi) is 3.58. The number of halogens is 1. The predicted molar refractivity (Wildman–Crippen MR) is 96.4 cm³/mol. The maximum atomic E-state index is 12.4. The minimum atomic E-state index is -0.352. The van der Waals surface area contributed by atoms with Gasteiger partial charge in [-0.25, -0.2) is 9.98 Å². The Morgan fingerprint density at radius 3 is 2.67 bits per heavy atom. The molecule has 1 amide bonds. The number of hydrogen-bond acceptors (Lipinski definition) is 4. The molecule has 118 valence electrons. The minimum Gasteiger partial charge on any atom is -0.492 e. The van der Waals surface area contributed by atoms with Crippen LogP contribution in [0.4, 0.5) is 0 Å². The molecule has 0 saturated heterocycles. The number of carbonyl (C=O) groups excluding carboxylic acids is 1. The molecule has 0 spiro atoms. The third-order valence-electron chi connectivity index (χ3n) is 3.76. The first-order valence-electron chi connectivity index (χ1n) is 7.23. The van der Waals surface area contributed by atoms with Crippen molar-refractivity contribution in [1.82, 2.24) is 4.98 Å². The highest BCUT2D eigenvalue weighted by atomic mass is 79.9. The van der Waals surface area contributed by atoms with Crippen LogP contribution < -0.4 is 10.6 Å². The van der Waals surface area contributed by atoms with Gasteiger partial charge in [-0.15, -0.1) is 11.3 Å². The number of fused-ring (bicyclic) bond motifs is 1. The van der Waals surface area contributed by atoms with Gasteiger partial charge in [0.15, 0.2) is 0 Å². The van der Waals surface area contributed by atoms with Gasteiger partial charge in [-0.05, 0) is 40.5 Å². The fourth-order valence-electron chi connectivity index (χ4n) is 2.71. The van der Waals surface area contributed by atoms with E-state index in [9.17, 15) is 9.90 Å². The monoisotopic (exact) mass is 398 g/mol. The Bertz CT molecular complexity index is 1100. The zero-order valence-electron chi connectivity index (χ0n) is 12.6. The summed E-state index contributed by atoms with van der Waals surface area (Å²) in [4.78, 5) is 21.2. The van der Waals surface area contributed by atoms with Gasteiger partial charge in [0, 0.05) is 15.3 Å². The summed E-state index contributed by atoms with van der Waals surface area (Å²) in [6.07, 6.45) is 0. The number of aromatic hydroxyl groups is 1. The molecule has 1 aliphatic rings. The van der Waals surface area contributed by atoms with E-state index in [0.717, 1.165) is 20.8 Å². The number of aryl methyl sites for hydroxylation is 1. The SMILES string of the molecule is Cc1cc(Br)c2c(c1)=C(c1sc(-c3ccccc3)nc1O)C(=O)N=2. The highest BCUT2D eigenvalue weighted by molar-refractivity contribution is 9.10. The van der Waals surface area contributed by atoms with Gasteiger partial charge in [-0.2, -0.15) is 0 Å². The molecule has 1 N–H and O–H groups in total. The van der Waals surface area contributed by atoms with Crippen molar-refractivity contribution in [3.63, 3.8) is 0 Å². The quantitative estimate of drug-likeness (QED) is 0.721. The van der Waals surface area contributed by atoms with Crippen molar-refractivity contribution in [2.45, 2.75) is 6.92 Å². The summed E-state index contributed by atoms with van der Waals surface area (Å²) in [5.74, 6) is -0.488. The zero-order chi connectivity index (χ0) is 16.8. The van der Waals surface area contributed by atoms with Gasteiger partial charge in [-0.3, -0.25) is 4.79 Å². The summed E-state index contributed by atoms with van der Waals surface area (Å²) in [7, 11) is 0. The first-order chi connectivity index (χ1) is 11.5. The Balaban J connectivity index is 1.98. The fourth-order valence-corrected chi connectivity index (χ4v) is 4.39. The van der Waals surface area contributed by atoms with Gasteiger partial charge in [0.1, 0.15) is 9.88 Å². The van der Waals surface area contributed by atoms with Crippen LogP contribution in [0.1, 0.15) is 10.4 Å². The average molecular weight is 399 g/mol. The van der Waals surface area contributed by atoms with Crippen LogP contribution in [0.25, 0.3) is 16.1 Å². The molecular formula is C18H11BrN2O2S. The lowest BCUT2D eigenvalue weighted by molar-refractivity contribution is -0.112. The number of thiazole rings is 1. The minimum absolute atomic E-state index is 0.136. The van der Waals surface area contributed by atoms with Gasteiger partial charge in [0.25, 0.3) is 5.91 Å². The van der Waals surface area contributed by atoms with Crippen LogP contribution in [0.15, 0.2) is 51.9 Å². The molecule has 0 radical (unpaired) electrons. The number of hydrogen-bond donors (Lipinski definition) is 1. The van der Waals surface area contributed by atoms with Crippen LogP contribution in [0.2, 0.25) is 0 Å². The van der Waals surface area contributed by atoms with Crippen LogP contribution in [0.3, 0.4) is 0 Å². The van der Waals surface area contributed by atoms with Crippen LogP contribution in [0, 0.1) is 6.92 Å². The lowest BCUT2D eigenvalue weighted by atomic mass is 10.1. The Labute approximate surface area is 150 Å². The molecule has 4 rings (SSSR count). The van der Waals surface area contributed by atoms with Crippen molar-refractivity contribution in [3.8, 4) is 16.5 Å². The summed E-state index contributed by atoms with van der Waals surface area (Å²) in [6.45, 7) is 1.95. The van der Waals surface area contributed by atoms with Gasteiger partial charge in [0.2, 0.25) is 5.88 Å². The van der Waals surface area contributed by atoms with Crippen LogP contribution in [-0.2, 0) is 4.79 Å². The second kappa shape index (κ2) is 5.65. The molecule has 4 nitrogen and oxygen atoms in total. The summed E-state index contributed by atoms with van der Waals surface area (Å²) in [5.41, 5.74) is 2.32. The maximum Gasteiger partial charge on any atom is 0.279 e. The van der Waals surface area contributed by atoms with Crippen molar-refractivity contribution in [2.75, 3.05) is 0 Å². The second-order valence-electron chi connectivity index (χ2n) is 5.47. The molecule has 0 unspecified atom stereocenters. The molecule has 1 aliphatic heterocycles. The molecule has 6 heteroatoms. The van der Waals surface area contributed by atoms with Crippen LogP contribution in [0.5, 0.6) is 5.88 Å². The third kappa shape index (κ3) is 2.39. The molecule has 24 heavy (non-hydrogen) atoms. The molecule has 0 bridgehead atoms. The Hall–Kier alpha value is -2.31. The lowest BCUT2D eigenvalue weighted by Crippen LogP contribution is -2.25. The first kappa shape index (κ1) is 15.2. The van der Waals surface area contributed by atoms with Gasteiger partial charge in [0.05, 0.1) is 10.9 Å². The maximum absolute atomic E-state index is 12.4. The van der Waals surface area contributed by atoms with E-state index >= 15 is 0 Å². The van der Waals surface area contributed by atoms with Gasteiger partial charge >= 0.3 is 0 Å². The van der Waals surface area contributed by atoms with E-state index in [2.05, 4.69) is 25.9 Å². The molecular weight excluding hydrogens is 388 g/mol. The summed E-state index contributed by atoms with van der Waals surface area (Å²) >= 11 is 4.75. The predicted octanol–water partition coefficient (Wildman–Crippen LogP) is 2.95. The molecule has 2 heterocycles. The number of nitrogens with zero attached hydrogens (tertiary/aromatic N) is 2. The van der Waals surface area contributed by atoms with Crippen LogP contribution >= 0.6 is 27.3 Å². The van der Waals surface area contributed by atoms with E-state index in [4.69, 9.17) is 0 Å². The van der Waals surface area contributed by atoms with Gasteiger partial charge in [-0.1, -0.05) is 30.3 Å². The average Bonchev–Trinajstić information content (AvgIpc) is 3.08. The molecule has 0 saturated carbocycles. The van der Waals surface area contributed by atoms with Crippen molar-refractivity contribution >= 4 is 38.7 Å². The third-order valence-corrected chi connectivity index (χ3v) is 5.48. The molecule has 0 aliphatic carbocycles. The number of amides is 1. The van der Waals surface area contributed by atoms with E-state index < -0.39 is 0 Å². The molecule has 0 atom stereocenters. The smallest absolute Gasteiger partial charge is 0.279 e. The lowest BCUT2D eigenvalue weighted by Gasteiger charge is -1.97. The number of rotatable bonds is 2. The van der Waals surface area contributed by atoms with E-state index in [1.165, 1.54) is 11.3 Å². The number of carbonyl (C=O) groups is 1. The molecule has 3 aromatic rings. The van der Waals surface area contributed by atoms with Crippen molar-refractivity contribution in [3.05, 3.63) is 68.0 Å². The molecule has 1 aromatic heterocycles. The highest BCUT2D eigenvalue weighted by Crippen LogP contribution is 2.36. The normalized spacial score (nSPS) is 13.1. The van der Waals surface area contributed by atoms with Crippen molar-refractivity contribution in [2.24, 2.45) is 4.99 Å². The molecule has 0 fully saturated rings. The van der Waals surface area contributed by atoms with E-state index in [0.29, 0.717) is 20.8 Å². The summed E-state index contributed by atoms with van der Waals surface area (Å²) in [6, 6.07) is 13.4. The second-order valence-corrected chi connectivity index (χ2v) is 7.33. The van der Waals surface area contributed by atoms with E-state index in [1.54, 1.807) is 0 Å². The standard InChI is InChI=1S/C18H11BrN2O2S/c1-9-7-11-13(16(22)20-14(11)12(19)8-9)15-17(23)21-18(24-15)10-5-3-2-4-6-10/h2-8,23H,1H3. The van der Waals surface area contributed by atoms with Gasteiger partial charge < -0.3 is 5.11 Å². The largest absolute Gasteiger partial charge is 0.492 e. The zero-order valence-corrected chi connectivity index (χ0v) is 15.0. The number of benzene rings is 2. The molecule has 2 aromatic carbocycles. The van der Waals surface area contributed by atoms with E-state index in [-0.39, 0.29) is 11.8 Å².